The van der Waals surface area contributed by atoms with E-state index in [4.69, 9.17) is 5.26 Å². The van der Waals surface area contributed by atoms with E-state index in [-0.39, 0.29) is 23.3 Å². The van der Waals surface area contributed by atoms with Gasteiger partial charge in [-0.15, -0.1) is 0 Å². The van der Waals surface area contributed by atoms with E-state index in [1.807, 2.05) is 0 Å². The quantitative estimate of drug-likeness (QED) is 0.681. The third kappa shape index (κ3) is 4.21. The minimum atomic E-state index is -3.26. The van der Waals surface area contributed by atoms with E-state index in [9.17, 15) is 13.2 Å². The van der Waals surface area contributed by atoms with Crippen molar-refractivity contribution in [3.63, 3.8) is 0 Å². The number of hydrogen-bond acceptors (Lipinski definition) is 6. The summed E-state index contributed by atoms with van der Waals surface area (Å²) in [5.74, 6) is 0.465. The molecule has 1 aromatic carbocycles. The van der Waals surface area contributed by atoms with Gasteiger partial charge >= 0.3 is 0 Å². The van der Waals surface area contributed by atoms with Gasteiger partial charge < -0.3 is 10.6 Å². The molecule has 9 heteroatoms. The van der Waals surface area contributed by atoms with Crippen molar-refractivity contribution < 1.29 is 13.2 Å². The largest absolute Gasteiger partial charge is 0.348 e. The maximum absolute atomic E-state index is 12.5. The Balaban J connectivity index is 1.72. The Labute approximate surface area is 151 Å². The second-order valence-electron chi connectivity index (χ2n) is 6.36. The summed E-state index contributed by atoms with van der Waals surface area (Å²) in [4.78, 5) is 12.7. The molecule has 2 aromatic rings. The van der Waals surface area contributed by atoms with E-state index in [1.165, 1.54) is 18.3 Å². The van der Waals surface area contributed by atoms with Crippen molar-refractivity contribution >= 4 is 27.2 Å². The fourth-order valence-electron chi connectivity index (χ4n) is 2.66. The molecule has 0 saturated heterocycles. The van der Waals surface area contributed by atoms with Crippen molar-refractivity contribution in [1.29, 1.82) is 5.26 Å². The van der Waals surface area contributed by atoms with Crippen molar-refractivity contribution in [2.45, 2.75) is 30.2 Å². The number of amides is 1. The first-order valence-electron chi connectivity index (χ1n) is 8.17. The predicted octanol–water partition coefficient (Wildman–Crippen LogP) is 1.98. The lowest BCUT2D eigenvalue weighted by Gasteiger charge is -2.15. The summed E-state index contributed by atoms with van der Waals surface area (Å²) in [7, 11) is -3.26. The number of carbonyl (C=O) groups excluding carboxylic acids is 1. The fourth-order valence-corrected chi connectivity index (χ4v) is 3.29. The number of H-pyrrole nitrogens is 1. The molecule has 1 aromatic heterocycles. The van der Waals surface area contributed by atoms with Gasteiger partial charge in [-0.05, 0) is 43.0 Å². The van der Waals surface area contributed by atoms with Crippen molar-refractivity contribution in [2.24, 2.45) is 5.92 Å². The van der Waals surface area contributed by atoms with Crippen LogP contribution in [0.4, 0.5) is 11.5 Å². The zero-order chi connectivity index (χ0) is 18.7. The van der Waals surface area contributed by atoms with Crippen molar-refractivity contribution in [3.05, 3.63) is 36.0 Å². The monoisotopic (exact) mass is 373 g/mol. The van der Waals surface area contributed by atoms with Gasteiger partial charge in [0.25, 0.3) is 5.91 Å². The molecule has 1 fully saturated rings. The van der Waals surface area contributed by atoms with Gasteiger partial charge in [0.15, 0.2) is 9.84 Å². The summed E-state index contributed by atoms with van der Waals surface area (Å²) in [5.41, 5.74) is 0.951. The van der Waals surface area contributed by atoms with Gasteiger partial charge in [-0.3, -0.25) is 9.89 Å². The molecule has 3 N–H and O–H groups in total. The van der Waals surface area contributed by atoms with Crippen molar-refractivity contribution in [3.8, 4) is 6.07 Å². The molecule has 1 amide bonds. The fraction of sp³-hybridized carbons (Fsp3) is 0.353. The number of nitrogens with one attached hydrogen (secondary N) is 3. The average Bonchev–Trinajstić information content (AvgIpc) is 3.33. The number of rotatable bonds is 7. The number of benzene rings is 1. The Morgan fingerprint density at radius 3 is 2.65 bits per heavy atom. The van der Waals surface area contributed by atoms with Gasteiger partial charge in [0.2, 0.25) is 0 Å². The lowest BCUT2D eigenvalue weighted by molar-refractivity contribution is 0.0934. The lowest BCUT2D eigenvalue weighted by atomic mass is 10.1. The first kappa shape index (κ1) is 17.9. The molecule has 136 valence electrons. The van der Waals surface area contributed by atoms with E-state index in [2.05, 4.69) is 26.9 Å². The highest BCUT2D eigenvalue weighted by atomic mass is 32.2. The van der Waals surface area contributed by atoms with Crippen LogP contribution >= 0.6 is 0 Å². The minimum Gasteiger partial charge on any atom is -0.348 e. The standard InChI is InChI=1S/C17H19N5O3S/c1-26(24,25)13-6-4-12(5-7-13)20-16-14(10-19-22-16)17(23)21-15(8-9-18)11-2-3-11/h4-7,10-11,15H,2-3,8H2,1H3,(H,21,23)(H2,19,20,22). The van der Waals surface area contributed by atoms with Crippen LogP contribution in [-0.4, -0.2) is 36.8 Å². The number of anilines is 2. The Bertz CT molecular complexity index is 940. The maximum Gasteiger partial charge on any atom is 0.256 e. The molecule has 1 saturated carbocycles. The second-order valence-corrected chi connectivity index (χ2v) is 8.38. The molecular weight excluding hydrogens is 354 g/mol. The third-order valence-corrected chi connectivity index (χ3v) is 5.38. The number of hydrogen-bond donors (Lipinski definition) is 3. The molecule has 1 aliphatic rings. The van der Waals surface area contributed by atoms with Gasteiger partial charge in [0, 0.05) is 18.0 Å². The molecule has 0 spiro atoms. The topological polar surface area (TPSA) is 128 Å². The van der Waals surface area contributed by atoms with Crippen LogP contribution in [0.2, 0.25) is 0 Å². The lowest BCUT2D eigenvalue weighted by Crippen LogP contribution is -2.36. The highest BCUT2D eigenvalue weighted by molar-refractivity contribution is 7.90. The molecule has 1 heterocycles. The van der Waals surface area contributed by atoms with Gasteiger partial charge in [0.05, 0.1) is 23.6 Å². The van der Waals surface area contributed by atoms with E-state index >= 15 is 0 Å². The van der Waals surface area contributed by atoms with Crippen LogP contribution in [0.5, 0.6) is 0 Å². The molecule has 3 rings (SSSR count). The van der Waals surface area contributed by atoms with Gasteiger partial charge in [0.1, 0.15) is 11.4 Å². The number of sulfone groups is 1. The Hall–Kier alpha value is -2.86. The Morgan fingerprint density at radius 2 is 2.08 bits per heavy atom. The maximum atomic E-state index is 12.5. The Kier molecular flexibility index (Phi) is 4.95. The second kappa shape index (κ2) is 7.17. The highest BCUT2D eigenvalue weighted by Gasteiger charge is 2.32. The van der Waals surface area contributed by atoms with Crippen LogP contribution < -0.4 is 10.6 Å². The highest BCUT2D eigenvalue weighted by Crippen LogP contribution is 2.34. The van der Waals surface area contributed by atoms with E-state index in [1.54, 1.807) is 12.1 Å². The molecular formula is C17H19N5O3S. The van der Waals surface area contributed by atoms with E-state index in [0.29, 0.717) is 23.0 Å². The zero-order valence-corrected chi connectivity index (χ0v) is 15.0. The molecule has 0 radical (unpaired) electrons. The molecule has 0 bridgehead atoms. The Morgan fingerprint density at radius 1 is 1.38 bits per heavy atom. The van der Waals surface area contributed by atoms with Crippen LogP contribution in [0, 0.1) is 17.2 Å². The van der Waals surface area contributed by atoms with Crippen molar-refractivity contribution in [2.75, 3.05) is 11.6 Å². The summed E-state index contributed by atoms with van der Waals surface area (Å²) in [6.45, 7) is 0. The normalized spacial score (nSPS) is 15.1. The number of aromatic amines is 1. The van der Waals surface area contributed by atoms with Crippen LogP contribution in [0.15, 0.2) is 35.4 Å². The van der Waals surface area contributed by atoms with Gasteiger partial charge in [-0.2, -0.15) is 10.4 Å². The summed E-state index contributed by atoms with van der Waals surface area (Å²) in [5, 5.41) is 21.5. The first-order chi connectivity index (χ1) is 12.4. The molecule has 26 heavy (non-hydrogen) atoms. The number of aromatic nitrogens is 2. The number of nitriles is 1. The molecule has 1 aliphatic carbocycles. The molecule has 0 aliphatic heterocycles. The van der Waals surface area contributed by atoms with Crippen LogP contribution in [0.3, 0.4) is 0 Å². The average molecular weight is 373 g/mol. The number of nitrogens with zero attached hydrogens (tertiary/aromatic N) is 2. The van der Waals surface area contributed by atoms with E-state index in [0.717, 1.165) is 19.1 Å². The first-order valence-corrected chi connectivity index (χ1v) is 10.1. The third-order valence-electron chi connectivity index (χ3n) is 4.25. The minimum absolute atomic E-state index is 0.149. The summed E-state index contributed by atoms with van der Waals surface area (Å²) in [6.07, 6.45) is 4.89. The van der Waals surface area contributed by atoms with Crippen LogP contribution in [0.1, 0.15) is 29.6 Å². The predicted molar refractivity (Wildman–Crippen MR) is 95.6 cm³/mol. The molecule has 8 nitrogen and oxygen atoms in total. The van der Waals surface area contributed by atoms with Crippen molar-refractivity contribution in [1.82, 2.24) is 15.5 Å². The van der Waals surface area contributed by atoms with Crippen LogP contribution in [0.25, 0.3) is 0 Å². The smallest absolute Gasteiger partial charge is 0.256 e. The van der Waals surface area contributed by atoms with E-state index < -0.39 is 9.84 Å². The summed E-state index contributed by atoms with van der Waals surface area (Å²) in [6, 6.07) is 8.17. The molecule has 1 unspecified atom stereocenters. The SMILES string of the molecule is CS(=O)(=O)c1ccc(Nc2[nH]ncc2C(=O)NC(CC#N)C2CC2)cc1. The number of carbonyl (C=O) groups is 1. The molecule has 1 atom stereocenters. The van der Waals surface area contributed by atoms with Gasteiger partial charge in [-0.1, -0.05) is 0 Å². The van der Waals surface area contributed by atoms with Crippen LogP contribution in [-0.2, 0) is 9.84 Å². The summed E-state index contributed by atoms with van der Waals surface area (Å²) < 4.78 is 23.0. The summed E-state index contributed by atoms with van der Waals surface area (Å²) >= 11 is 0. The zero-order valence-electron chi connectivity index (χ0n) is 14.2. The van der Waals surface area contributed by atoms with Gasteiger partial charge in [-0.25, -0.2) is 8.42 Å².